The topological polar surface area (TPSA) is 26.0 Å². The van der Waals surface area contributed by atoms with E-state index in [2.05, 4.69) is 365 Å². The van der Waals surface area contributed by atoms with E-state index in [4.69, 9.17) is 19.7 Å². The Morgan fingerprint density at radius 1 is 0.168 bits per heavy atom. The third-order valence-electron chi connectivity index (χ3n) is 25.4. The second kappa shape index (κ2) is 29.7. The van der Waals surface area contributed by atoms with Crippen LogP contribution in [0.5, 0.6) is 0 Å². The van der Waals surface area contributed by atoms with Gasteiger partial charge in [-0.1, -0.05) is 285 Å². The molecule has 7 heteroatoms. The van der Waals surface area contributed by atoms with E-state index >= 15 is 0 Å². The van der Waals surface area contributed by atoms with E-state index in [9.17, 15) is 0 Å². The van der Waals surface area contributed by atoms with Crippen LogP contribution in [-0.4, -0.2) is 4.98 Å². The molecule has 0 radical (unpaired) electrons. The van der Waals surface area contributed by atoms with Gasteiger partial charge in [0.05, 0.1) is 19.7 Å². The number of thiophene rings is 3. The maximum atomic E-state index is 7.53. The quantitative estimate of drug-likeness (QED) is 0.120. The van der Waals surface area contributed by atoms with Crippen LogP contribution in [0.15, 0.2) is 401 Å². The molecule has 22 aromatic carbocycles. The number of hydrogen-bond donors (Lipinski definition) is 0. The first-order chi connectivity index (χ1) is 61.8. The zero-order chi connectivity index (χ0) is 82.9. The Balaban J connectivity index is 0.000000105. The maximum Gasteiger partial charge on any atom is 0.187 e. The number of hydrogen-bond acceptors (Lipinski definition) is 4. The molecule has 0 fully saturated rings. The number of nitrogens with zero attached hydrogens (tertiary/aromatic N) is 4. The Kier molecular flexibility index (Phi) is 17.3. The fourth-order valence-corrected chi connectivity index (χ4v) is 22.8. The summed E-state index contributed by atoms with van der Waals surface area (Å²) in [6.45, 7) is 22.5. The minimum atomic E-state index is 0.680. The molecular weight excluding hydrogens is 1570 g/mol. The largest absolute Gasteiger partial charge is 0.264 e. The molecule has 0 spiro atoms. The first-order valence-electron chi connectivity index (χ1n) is 41.8. The van der Waals surface area contributed by atoms with E-state index in [0.29, 0.717) is 17.1 Å². The molecule has 0 saturated carbocycles. The summed E-state index contributed by atoms with van der Waals surface area (Å²) in [5.41, 5.74) is 16.6. The van der Waals surface area contributed by atoms with Crippen molar-refractivity contribution in [3.63, 3.8) is 0 Å². The van der Waals surface area contributed by atoms with Crippen molar-refractivity contribution in [1.82, 2.24) is 4.98 Å². The van der Waals surface area contributed by atoms with Gasteiger partial charge in [0.2, 0.25) is 0 Å². The van der Waals surface area contributed by atoms with Crippen LogP contribution in [0.4, 0.5) is 17.1 Å². The van der Waals surface area contributed by atoms with Crippen molar-refractivity contribution in [2.45, 2.75) is 0 Å². The average Bonchev–Trinajstić information content (AvgIpc) is 0.949. The van der Waals surface area contributed by atoms with E-state index < -0.39 is 0 Å². The van der Waals surface area contributed by atoms with Gasteiger partial charge in [-0.2, -0.15) is 0 Å². The summed E-state index contributed by atoms with van der Waals surface area (Å²) in [5.74, 6) is 0. The Morgan fingerprint density at radius 3 is 0.808 bits per heavy atom. The summed E-state index contributed by atoms with van der Waals surface area (Å²) in [7, 11) is 0. The molecule has 576 valence electrons. The molecule has 4 heterocycles. The molecule has 0 aliphatic carbocycles. The number of fused-ring (bicyclic) bond motifs is 26. The summed E-state index contributed by atoms with van der Waals surface area (Å²) in [5, 5.41) is 34.7. The van der Waals surface area contributed by atoms with E-state index in [0.717, 1.165) is 21.7 Å². The van der Waals surface area contributed by atoms with Gasteiger partial charge >= 0.3 is 0 Å². The van der Waals surface area contributed by atoms with E-state index in [1.165, 1.54) is 224 Å². The minimum Gasteiger partial charge on any atom is -0.264 e. The normalized spacial score (nSPS) is 11.7. The molecule has 0 N–H and O–H groups in total. The van der Waals surface area contributed by atoms with Crippen LogP contribution in [0.1, 0.15) is 0 Å². The number of pyridine rings is 1. The highest BCUT2D eigenvalue weighted by atomic mass is 32.1. The molecule has 0 aliphatic rings. The summed E-state index contributed by atoms with van der Waals surface area (Å²) >= 11 is 5.36. The minimum absolute atomic E-state index is 0.680. The van der Waals surface area contributed by atoms with Gasteiger partial charge in [0.1, 0.15) is 0 Å². The van der Waals surface area contributed by atoms with Gasteiger partial charge < -0.3 is 0 Å². The summed E-state index contributed by atoms with van der Waals surface area (Å²) < 4.78 is 7.39. The van der Waals surface area contributed by atoms with E-state index in [-0.39, 0.29) is 0 Å². The second-order valence-electron chi connectivity index (χ2n) is 32.2. The molecule has 0 amide bonds. The molecule has 0 unspecified atom stereocenters. The maximum absolute atomic E-state index is 7.53. The highest BCUT2D eigenvalue weighted by Gasteiger charge is 2.22. The summed E-state index contributed by atoms with van der Waals surface area (Å²) in [4.78, 5) is 15.5. The third-order valence-corrected chi connectivity index (χ3v) is 28.9. The third kappa shape index (κ3) is 12.2. The lowest BCUT2D eigenvalue weighted by atomic mass is 9.86. The Labute approximate surface area is 731 Å². The average molecular weight is 1640 g/mol. The lowest BCUT2D eigenvalue weighted by molar-refractivity contribution is 1.33. The Hall–Kier alpha value is -16.0. The Morgan fingerprint density at radius 2 is 0.448 bits per heavy atom. The monoisotopic (exact) mass is 1630 g/mol. The smallest absolute Gasteiger partial charge is 0.187 e. The van der Waals surface area contributed by atoms with Gasteiger partial charge in [0, 0.05) is 46.2 Å². The van der Waals surface area contributed by atoms with Crippen molar-refractivity contribution >= 4 is 230 Å². The van der Waals surface area contributed by atoms with Gasteiger partial charge in [-0.05, 0) is 315 Å². The molecule has 0 aliphatic heterocycles. The molecule has 0 atom stereocenters. The van der Waals surface area contributed by atoms with Gasteiger partial charge in [-0.3, -0.25) is 4.98 Å². The zero-order valence-electron chi connectivity index (χ0n) is 67.1. The molecular formula is C118H66N4S3. The van der Waals surface area contributed by atoms with Crippen molar-refractivity contribution in [2.24, 2.45) is 0 Å². The van der Waals surface area contributed by atoms with Crippen LogP contribution in [0.2, 0.25) is 0 Å². The van der Waals surface area contributed by atoms with Gasteiger partial charge in [-0.25, -0.2) is 14.5 Å². The van der Waals surface area contributed by atoms with Crippen molar-refractivity contribution in [2.75, 3.05) is 0 Å². The van der Waals surface area contributed by atoms with E-state index in [1.807, 2.05) is 54.9 Å². The molecule has 26 aromatic rings. The molecule has 26 rings (SSSR count). The lowest BCUT2D eigenvalue weighted by Crippen LogP contribution is -1.89. The van der Waals surface area contributed by atoms with Crippen LogP contribution in [-0.2, 0) is 0 Å². The summed E-state index contributed by atoms with van der Waals surface area (Å²) in [6.07, 6.45) is 3.77. The highest BCUT2D eigenvalue weighted by Crippen LogP contribution is 2.50. The molecule has 125 heavy (non-hydrogen) atoms. The van der Waals surface area contributed by atoms with Crippen molar-refractivity contribution < 1.29 is 0 Å². The fourth-order valence-electron chi connectivity index (χ4n) is 19.6. The van der Waals surface area contributed by atoms with Crippen molar-refractivity contribution in [1.29, 1.82) is 0 Å². The number of rotatable bonds is 6. The Bertz CT molecular complexity index is 9240. The molecule has 4 nitrogen and oxygen atoms in total. The number of benzene rings is 22. The van der Waals surface area contributed by atoms with Crippen LogP contribution >= 0.6 is 34.0 Å². The SMILES string of the molecule is [C-]#[N+]c1ccc2sc3ccc(-c4cc5c6ccccc6c(-c6ccc7ccccc7c6)cc5c5ccccc45)cc3c2c1.[C-]#[N+]c1ccc2sc3ccc(-c4cc5c6ccccc6c(-c6cccc7ccccc67)cc5c5ccccc45)cc3c2c1.[C-]#[N+]c1ccc2sc3ccc(-c4cc5c6ccccc6c(-c6cccnc6)cc5c5ccccc45)cc3c2c1. The van der Waals surface area contributed by atoms with Crippen LogP contribution in [0.25, 0.3) is 260 Å². The van der Waals surface area contributed by atoms with Gasteiger partial charge in [0.15, 0.2) is 17.1 Å². The van der Waals surface area contributed by atoms with Crippen molar-refractivity contribution in [3.05, 3.63) is 435 Å². The first-order valence-corrected chi connectivity index (χ1v) is 44.3. The van der Waals surface area contributed by atoms with Crippen LogP contribution in [0, 0.1) is 19.7 Å². The fraction of sp³-hybridized carbons (Fsp3) is 0. The first kappa shape index (κ1) is 72.9. The summed E-state index contributed by atoms with van der Waals surface area (Å²) in [6, 6.07) is 140. The molecule has 0 bridgehead atoms. The number of aromatic nitrogens is 1. The predicted molar refractivity (Wildman–Crippen MR) is 540 cm³/mol. The standard InChI is InChI=1S/2C41H23NS.C36H20N2S/c1-42-29-17-19-41-39(22-29)38-21-28(16-18-40(38)43-41)35-24-37-32-12-6-4-10-30(32)34(23-36(37)33-13-7-5-11-31(33)35)27-15-14-25-8-2-3-9-26(25)20-27;1-42-27-18-20-41-39(22-27)38-21-26(17-19-40(38)43-41)34-23-36-33-15-7-6-14-32(33)35(24-37(36)31-13-5-4-12-30(31)34)29-16-8-10-25-9-2-3-11-28(25)29;1-37-24-13-15-36-34(18-24)33-17-22(12-14-35(33)39-36)29-19-31-28-11-5-3-9-26(28)30(23-7-6-16-38-21-23)20-32(31)27-10-4-2-8-25(27)29/h2*2-24H;2-21H. The predicted octanol–water partition coefficient (Wildman–Crippen LogP) is 35.9. The van der Waals surface area contributed by atoms with Crippen molar-refractivity contribution in [3.8, 4) is 66.8 Å². The second-order valence-corrected chi connectivity index (χ2v) is 35.5. The highest BCUT2D eigenvalue weighted by molar-refractivity contribution is 7.26. The molecule has 4 aromatic heterocycles. The lowest BCUT2D eigenvalue weighted by Gasteiger charge is -2.17. The van der Waals surface area contributed by atoms with Gasteiger partial charge in [0.25, 0.3) is 0 Å². The van der Waals surface area contributed by atoms with Gasteiger partial charge in [-0.15, -0.1) is 34.0 Å². The molecule has 0 saturated heterocycles. The van der Waals surface area contributed by atoms with Crippen LogP contribution < -0.4 is 0 Å². The van der Waals surface area contributed by atoms with Crippen LogP contribution in [0.3, 0.4) is 0 Å². The zero-order valence-corrected chi connectivity index (χ0v) is 69.6. The van der Waals surface area contributed by atoms with E-state index in [1.54, 1.807) is 34.0 Å².